The van der Waals surface area contributed by atoms with E-state index in [0.29, 0.717) is 0 Å². The van der Waals surface area contributed by atoms with Crippen LogP contribution in [-0.4, -0.2) is 6.61 Å². The average molecular weight is 190 g/mol. The highest BCUT2D eigenvalue weighted by Gasteiger charge is 1.89. The van der Waals surface area contributed by atoms with Gasteiger partial charge in [-0.15, -0.1) is 0 Å². The third-order valence-corrected chi connectivity index (χ3v) is 1.98. The van der Waals surface area contributed by atoms with E-state index >= 15 is 0 Å². The van der Waals surface area contributed by atoms with E-state index in [-0.39, 0.29) is 4.70 Å². The van der Waals surface area contributed by atoms with Crippen molar-refractivity contribution in [2.75, 3.05) is 6.61 Å². The van der Waals surface area contributed by atoms with Crippen molar-refractivity contribution in [3.63, 3.8) is 0 Å². The fourth-order valence-corrected chi connectivity index (χ4v) is 1.23. The Balaban J connectivity index is 0. The van der Waals surface area contributed by atoms with Gasteiger partial charge in [-0.2, -0.15) is 0 Å². The molecule has 13 heavy (non-hydrogen) atoms. The van der Waals surface area contributed by atoms with Gasteiger partial charge in [0.15, 0.2) is 0 Å². The highest BCUT2D eigenvalue weighted by molar-refractivity contribution is 4.49. The van der Waals surface area contributed by atoms with Gasteiger partial charge in [-0.05, 0) is 6.42 Å². The molecule has 0 bridgehead atoms. The number of ether oxygens (including phenoxy) is 1. The van der Waals surface area contributed by atoms with E-state index in [1.54, 1.807) is 0 Å². The van der Waals surface area contributed by atoms with Crippen LogP contribution in [0.3, 0.4) is 0 Å². The molecular weight excluding hydrogens is 167 g/mol. The maximum absolute atomic E-state index is 5.03. The monoisotopic (exact) mass is 190 g/mol. The summed E-state index contributed by atoms with van der Waals surface area (Å²) in [6.45, 7) is 6.59. The summed E-state index contributed by atoms with van der Waals surface area (Å²) in [7, 11) is 0. The predicted molar refractivity (Wildman–Crippen MR) is 56.6 cm³/mol. The van der Waals surface area contributed by atoms with Crippen molar-refractivity contribution in [2.45, 2.75) is 51.9 Å². The minimum absolute atomic E-state index is 0. The summed E-state index contributed by atoms with van der Waals surface area (Å²) in [5.41, 5.74) is 0. The maximum Gasteiger partial charge on any atom is 0.0873 e. The highest BCUT2D eigenvalue weighted by Crippen LogP contribution is 2.06. The molecule has 0 heterocycles. The Kier molecular flexibility index (Phi) is 16.1. The molecule has 0 saturated heterocycles. The molecule has 80 valence electrons. The summed E-state index contributed by atoms with van der Waals surface area (Å²) in [5, 5.41) is 0. The summed E-state index contributed by atoms with van der Waals surface area (Å²) in [6.07, 6.45) is 10.9. The first-order valence-electron chi connectivity index (χ1n) is 5.14. The van der Waals surface area contributed by atoms with Gasteiger partial charge in [0.05, 0.1) is 12.9 Å². The van der Waals surface area contributed by atoms with Gasteiger partial charge in [0, 0.05) is 0 Å². The second-order valence-electron chi connectivity index (χ2n) is 3.16. The van der Waals surface area contributed by atoms with Crippen molar-refractivity contribution in [1.29, 1.82) is 0 Å². The number of unbranched alkanes of at least 4 members (excludes halogenated alkanes) is 6. The number of rotatable bonds is 9. The van der Waals surface area contributed by atoms with Gasteiger partial charge < -0.3 is 4.74 Å². The quantitative estimate of drug-likeness (QED) is 0.393. The zero-order valence-corrected chi connectivity index (χ0v) is 8.76. The molecule has 0 aliphatic heterocycles. The first-order valence-corrected chi connectivity index (χ1v) is 5.14. The highest BCUT2D eigenvalue weighted by atomic mass is 19.0. The van der Waals surface area contributed by atoms with Crippen molar-refractivity contribution in [3.8, 4) is 0 Å². The Bertz CT molecular complexity index is 94.1. The molecule has 0 atom stereocenters. The maximum atomic E-state index is 5.03. The topological polar surface area (TPSA) is 9.23 Å². The average Bonchev–Trinajstić information content (AvgIpc) is 2.10. The molecule has 0 saturated carbocycles. The van der Waals surface area contributed by atoms with Gasteiger partial charge in [0.1, 0.15) is 0 Å². The number of hydrogen-bond donors (Lipinski definition) is 0. The first-order chi connectivity index (χ1) is 5.91. The molecule has 0 fully saturated rings. The minimum Gasteiger partial charge on any atom is -0.502 e. The molecule has 0 radical (unpaired) electrons. The molecule has 0 spiro atoms. The van der Waals surface area contributed by atoms with Crippen LogP contribution in [0.15, 0.2) is 12.8 Å². The molecular formula is C11H23FO. The van der Waals surface area contributed by atoms with Gasteiger partial charge in [-0.1, -0.05) is 52.0 Å². The smallest absolute Gasteiger partial charge is 0.0873 e. The molecule has 0 amide bonds. The zero-order chi connectivity index (χ0) is 9.07. The fraction of sp³-hybridized carbons (Fsp3) is 0.818. The Morgan fingerprint density at radius 2 is 1.54 bits per heavy atom. The Morgan fingerprint density at radius 3 is 2.08 bits per heavy atom. The van der Waals surface area contributed by atoms with E-state index < -0.39 is 0 Å². The Morgan fingerprint density at radius 1 is 1.00 bits per heavy atom. The van der Waals surface area contributed by atoms with E-state index in [9.17, 15) is 0 Å². The van der Waals surface area contributed by atoms with Crippen LogP contribution < -0.4 is 0 Å². The van der Waals surface area contributed by atoms with E-state index in [4.69, 9.17) is 4.74 Å². The molecule has 1 nitrogen and oxygen atoms in total. The lowest BCUT2D eigenvalue weighted by Crippen LogP contribution is -1.87. The Labute approximate surface area is 81.5 Å². The molecule has 0 unspecified atom stereocenters. The summed E-state index contributed by atoms with van der Waals surface area (Å²) in [6, 6.07) is 0. The largest absolute Gasteiger partial charge is 0.502 e. The van der Waals surface area contributed by atoms with Crippen LogP contribution in [0.25, 0.3) is 0 Å². The van der Waals surface area contributed by atoms with E-state index in [1.165, 1.54) is 51.2 Å². The van der Waals surface area contributed by atoms with Crippen LogP contribution >= 0.6 is 0 Å². The van der Waals surface area contributed by atoms with E-state index in [0.717, 1.165) is 6.61 Å². The van der Waals surface area contributed by atoms with Crippen LogP contribution in [-0.2, 0) is 4.74 Å². The van der Waals surface area contributed by atoms with Crippen molar-refractivity contribution < 1.29 is 9.44 Å². The van der Waals surface area contributed by atoms with Crippen molar-refractivity contribution >= 4 is 0 Å². The van der Waals surface area contributed by atoms with Crippen LogP contribution in [0.4, 0.5) is 4.70 Å². The summed E-state index contributed by atoms with van der Waals surface area (Å²) in [4.78, 5) is 0. The lowest BCUT2D eigenvalue weighted by atomic mass is 10.1. The van der Waals surface area contributed by atoms with Crippen LogP contribution in [0, 0.1) is 0 Å². The summed E-state index contributed by atoms with van der Waals surface area (Å²) in [5.74, 6) is 0. The van der Waals surface area contributed by atoms with Crippen molar-refractivity contribution in [3.05, 3.63) is 12.8 Å². The molecule has 0 aromatic rings. The third-order valence-electron chi connectivity index (χ3n) is 1.98. The lowest BCUT2D eigenvalue weighted by molar-refractivity contribution is 0.241. The van der Waals surface area contributed by atoms with Gasteiger partial charge >= 0.3 is 0 Å². The second-order valence-corrected chi connectivity index (χ2v) is 3.16. The molecule has 0 rings (SSSR count). The van der Waals surface area contributed by atoms with E-state index in [2.05, 4.69) is 13.5 Å². The van der Waals surface area contributed by atoms with Crippen LogP contribution in [0.2, 0.25) is 0 Å². The van der Waals surface area contributed by atoms with Crippen LogP contribution in [0.5, 0.6) is 0 Å². The molecule has 0 aromatic heterocycles. The third kappa shape index (κ3) is 14.3. The SMILES string of the molecule is C=COCCCCCCCCC.F. The normalized spacial score (nSPS) is 9.00. The Hall–Kier alpha value is -0.530. The molecule has 0 N–H and O–H groups in total. The second kappa shape index (κ2) is 14.0. The molecule has 2 heteroatoms. The molecule has 0 aliphatic rings. The van der Waals surface area contributed by atoms with Gasteiger partial charge in [-0.3, -0.25) is 4.70 Å². The fourth-order valence-electron chi connectivity index (χ4n) is 1.23. The van der Waals surface area contributed by atoms with Gasteiger partial charge in [-0.25, -0.2) is 0 Å². The van der Waals surface area contributed by atoms with Crippen molar-refractivity contribution in [2.24, 2.45) is 0 Å². The minimum atomic E-state index is 0. The summed E-state index contributed by atoms with van der Waals surface area (Å²) >= 11 is 0. The van der Waals surface area contributed by atoms with Gasteiger partial charge in [0.2, 0.25) is 0 Å². The zero-order valence-electron chi connectivity index (χ0n) is 8.76. The summed E-state index contributed by atoms with van der Waals surface area (Å²) < 4.78 is 5.03. The van der Waals surface area contributed by atoms with Crippen molar-refractivity contribution in [1.82, 2.24) is 0 Å². The standard InChI is InChI=1S/C11H22O.FH/c1-3-5-6-7-8-9-10-11-12-4-2;/h4H,2-3,5-11H2,1H3;1H. The van der Waals surface area contributed by atoms with E-state index in [1.807, 2.05) is 0 Å². The number of hydrogen-bond acceptors (Lipinski definition) is 1. The molecule has 0 aromatic carbocycles. The van der Waals surface area contributed by atoms with Crippen LogP contribution in [0.1, 0.15) is 51.9 Å². The lowest BCUT2D eigenvalue weighted by Gasteiger charge is -2.00. The van der Waals surface area contributed by atoms with Gasteiger partial charge in [0.25, 0.3) is 0 Å². The molecule has 0 aliphatic carbocycles. The first kappa shape index (κ1) is 15.0. The number of halogens is 1. The predicted octanol–water partition coefficient (Wildman–Crippen LogP) is 4.05.